The lowest BCUT2D eigenvalue weighted by Gasteiger charge is -2.34. The minimum atomic E-state index is -0.0700. The van der Waals surface area contributed by atoms with Gasteiger partial charge in [0.2, 0.25) is 0 Å². The van der Waals surface area contributed by atoms with Crippen molar-refractivity contribution in [3.8, 4) is 5.82 Å². The van der Waals surface area contributed by atoms with Crippen molar-refractivity contribution in [2.45, 2.75) is 52.7 Å². The number of fused-ring (bicyclic) bond motifs is 1. The van der Waals surface area contributed by atoms with Gasteiger partial charge in [-0.15, -0.1) is 5.10 Å². The first kappa shape index (κ1) is 21.1. The molecule has 0 atom stereocenters. The zero-order valence-corrected chi connectivity index (χ0v) is 19.1. The van der Waals surface area contributed by atoms with Crippen LogP contribution in [0.1, 0.15) is 35.7 Å². The summed E-state index contributed by atoms with van der Waals surface area (Å²) in [4.78, 5) is 21.9. The number of rotatable bonds is 6. The predicted molar refractivity (Wildman–Crippen MR) is 122 cm³/mol. The SMILES string of the molecule is Cc1cc(C)n(-c2ccc(=O)n(CCN3CCN(Cc4cnc5n4CCCC5)CC3)n2)n1. The van der Waals surface area contributed by atoms with Crippen LogP contribution in [0.2, 0.25) is 0 Å². The molecular weight excluding hydrogens is 404 g/mol. The number of hydrogen-bond donors (Lipinski definition) is 0. The highest BCUT2D eigenvalue weighted by molar-refractivity contribution is 5.23. The Balaban J connectivity index is 1.16. The summed E-state index contributed by atoms with van der Waals surface area (Å²) in [6.45, 7) is 11.5. The Hall–Kier alpha value is -2.78. The minimum absolute atomic E-state index is 0.0700. The molecule has 32 heavy (non-hydrogen) atoms. The van der Waals surface area contributed by atoms with E-state index in [9.17, 15) is 4.79 Å². The molecule has 1 fully saturated rings. The highest BCUT2D eigenvalue weighted by Gasteiger charge is 2.20. The summed E-state index contributed by atoms with van der Waals surface area (Å²) in [5.41, 5.74) is 3.23. The third-order valence-corrected chi connectivity index (χ3v) is 6.61. The van der Waals surface area contributed by atoms with Crippen molar-refractivity contribution in [3.05, 3.63) is 57.7 Å². The lowest BCUT2D eigenvalue weighted by molar-refractivity contribution is 0.120. The van der Waals surface area contributed by atoms with E-state index in [4.69, 9.17) is 0 Å². The maximum absolute atomic E-state index is 12.3. The van der Waals surface area contributed by atoms with Gasteiger partial charge in [-0.3, -0.25) is 14.6 Å². The number of aryl methyl sites for hydroxylation is 3. The molecule has 3 aromatic heterocycles. The summed E-state index contributed by atoms with van der Waals surface area (Å²) < 4.78 is 5.78. The Kier molecular flexibility index (Phi) is 5.93. The standard InChI is InChI=1S/C23H32N8O/c1-18-15-19(2)31(25-18)22-6-7-23(32)30(26-22)14-13-27-9-11-28(12-10-27)17-20-16-24-21-5-3-4-8-29(20)21/h6-7,15-16H,3-5,8-14,17H2,1-2H3. The molecule has 0 spiro atoms. The molecular formula is C23H32N8O. The summed E-state index contributed by atoms with van der Waals surface area (Å²) >= 11 is 0. The summed E-state index contributed by atoms with van der Waals surface area (Å²) in [6.07, 6.45) is 5.71. The van der Waals surface area contributed by atoms with E-state index < -0.39 is 0 Å². The molecule has 5 rings (SSSR count). The topological polar surface area (TPSA) is 77.0 Å². The molecule has 9 heteroatoms. The first-order chi connectivity index (χ1) is 15.6. The van der Waals surface area contributed by atoms with Crippen molar-refractivity contribution >= 4 is 0 Å². The van der Waals surface area contributed by atoms with Crippen LogP contribution in [0.25, 0.3) is 5.82 Å². The number of imidazole rings is 1. The first-order valence-corrected chi connectivity index (χ1v) is 11.7. The third kappa shape index (κ3) is 4.40. The molecule has 0 aromatic carbocycles. The van der Waals surface area contributed by atoms with E-state index in [1.165, 1.54) is 24.4 Å². The van der Waals surface area contributed by atoms with Gasteiger partial charge in [0.25, 0.3) is 5.56 Å². The van der Waals surface area contributed by atoms with Gasteiger partial charge in [-0.25, -0.2) is 14.3 Å². The molecule has 0 N–H and O–H groups in total. The first-order valence-electron chi connectivity index (χ1n) is 11.7. The predicted octanol–water partition coefficient (Wildman–Crippen LogP) is 1.40. The van der Waals surface area contributed by atoms with Crippen LogP contribution in [0.5, 0.6) is 0 Å². The maximum Gasteiger partial charge on any atom is 0.266 e. The number of nitrogens with zero attached hydrogens (tertiary/aromatic N) is 8. The normalized spacial score (nSPS) is 17.6. The third-order valence-electron chi connectivity index (χ3n) is 6.61. The van der Waals surface area contributed by atoms with Crippen LogP contribution in [-0.4, -0.2) is 71.6 Å². The highest BCUT2D eigenvalue weighted by Crippen LogP contribution is 2.18. The molecule has 0 amide bonds. The Morgan fingerprint density at radius 3 is 2.53 bits per heavy atom. The largest absolute Gasteiger partial charge is 0.331 e. The average Bonchev–Trinajstić information content (AvgIpc) is 3.36. The van der Waals surface area contributed by atoms with Gasteiger partial charge in [0, 0.05) is 70.2 Å². The quantitative estimate of drug-likeness (QED) is 0.581. The molecule has 170 valence electrons. The van der Waals surface area contributed by atoms with Crippen LogP contribution in [0, 0.1) is 13.8 Å². The fraction of sp³-hybridized carbons (Fsp3) is 0.565. The van der Waals surface area contributed by atoms with Crippen molar-refractivity contribution in [2.75, 3.05) is 32.7 Å². The molecule has 0 saturated carbocycles. The number of hydrogen-bond acceptors (Lipinski definition) is 6. The van der Waals surface area contributed by atoms with Crippen molar-refractivity contribution < 1.29 is 0 Å². The average molecular weight is 437 g/mol. The van der Waals surface area contributed by atoms with Gasteiger partial charge in [-0.1, -0.05) is 0 Å². The van der Waals surface area contributed by atoms with Crippen LogP contribution in [0.3, 0.4) is 0 Å². The van der Waals surface area contributed by atoms with Gasteiger partial charge < -0.3 is 4.57 Å². The number of piperazine rings is 1. The Bertz CT molecular complexity index is 1140. The van der Waals surface area contributed by atoms with E-state index in [1.54, 1.807) is 21.5 Å². The van der Waals surface area contributed by atoms with Crippen LogP contribution in [0.4, 0.5) is 0 Å². The fourth-order valence-electron chi connectivity index (χ4n) is 4.81. The van der Waals surface area contributed by atoms with Gasteiger partial charge in [-0.2, -0.15) is 5.10 Å². The van der Waals surface area contributed by atoms with E-state index in [0.29, 0.717) is 12.4 Å². The zero-order valence-electron chi connectivity index (χ0n) is 19.1. The van der Waals surface area contributed by atoms with E-state index in [0.717, 1.165) is 63.6 Å². The van der Waals surface area contributed by atoms with E-state index in [1.807, 2.05) is 19.9 Å². The van der Waals surface area contributed by atoms with E-state index in [-0.39, 0.29) is 5.56 Å². The molecule has 2 aliphatic heterocycles. The van der Waals surface area contributed by atoms with Crippen molar-refractivity contribution in [2.24, 2.45) is 0 Å². The molecule has 5 heterocycles. The highest BCUT2D eigenvalue weighted by atomic mass is 16.1. The lowest BCUT2D eigenvalue weighted by Crippen LogP contribution is -2.47. The second kappa shape index (κ2) is 8.99. The Morgan fingerprint density at radius 2 is 1.75 bits per heavy atom. The molecule has 0 bridgehead atoms. The molecule has 1 saturated heterocycles. The molecule has 0 aliphatic carbocycles. The van der Waals surface area contributed by atoms with Crippen molar-refractivity contribution in [1.82, 2.24) is 38.9 Å². The van der Waals surface area contributed by atoms with Gasteiger partial charge in [0.05, 0.1) is 17.9 Å². The summed E-state index contributed by atoms with van der Waals surface area (Å²) in [7, 11) is 0. The van der Waals surface area contributed by atoms with Crippen molar-refractivity contribution in [1.29, 1.82) is 0 Å². The fourth-order valence-corrected chi connectivity index (χ4v) is 4.81. The van der Waals surface area contributed by atoms with Gasteiger partial charge in [0.15, 0.2) is 5.82 Å². The molecule has 2 aliphatic rings. The minimum Gasteiger partial charge on any atom is -0.331 e. The van der Waals surface area contributed by atoms with Crippen LogP contribution < -0.4 is 5.56 Å². The summed E-state index contributed by atoms with van der Waals surface area (Å²) in [5, 5.41) is 9.05. The second-order valence-corrected chi connectivity index (χ2v) is 8.98. The molecule has 9 nitrogen and oxygen atoms in total. The van der Waals surface area contributed by atoms with Crippen LogP contribution >= 0.6 is 0 Å². The maximum atomic E-state index is 12.3. The van der Waals surface area contributed by atoms with Crippen LogP contribution in [0.15, 0.2) is 29.2 Å². The lowest BCUT2D eigenvalue weighted by atomic mass is 10.1. The second-order valence-electron chi connectivity index (χ2n) is 8.98. The smallest absolute Gasteiger partial charge is 0.266 e. The van der Waals surface area contributed by atoms with E-state index >= 15 is 0 Å². The van der Waals surface area contributed by atoms with Gasteiger partial charge >= 0.3 is 0 Å². The monoisotopic (exact) mass is 436 g/mol. The molecule has 0 unspecified atom stereocenters. The number of aromatic nitrogens is 6. The molecule has 3 aromatic rings. The van der Waals surface area contributed by atoms with Crippen LogP contribution in [-0.2, 0) is 26.1 Å². The van der Waals surface area contributed by atoms with E-state index in [2.05, 4.69) is 35.7 Å². The Morgan fingerprint density at radius 1 is 0.938 bits per heavy atom. The van der Waals surface area contributed by atoms with Crippen molar-refractivity contribution in [3.63, 3.8) is 0 Å². The molecule has 0 radical (unpaired) electrons. The van der Waals surface area contributed by atoms with Gasteiger partial charge in [-0.05, 0) is 38.8 Å². The van der Waals surface area contributed by atoms with Gasteiger partial charge in [0.1, 0.15) is 5.82 Å². The zero-order chi connectivity index (χ0) is 22.1. The summed E-state index contributed by atoms with van der Waals surface area (Å²) in [6, 6.07) is 5.34. The summed E-state index contributed by atoms with van der Waals surface area (Å²) in [5.74, 6) is 1.94. The Labute approximate surface area is 188 Å².